The van der Waals surface area contributed by atoms with Crippen molar-refractivity contribution < 1.29 is 22.3 Å². The highest BCUT2D eigenvalue weighted by Crippen LogP contribution is 2.23. The van der Waals surface area contributed by atoms with E-state index in [4.69, 9.17) is 10.2 Å². The number of hydrogen-bond acceptors (Lipinski definition) is 4. The molecule has 0 amide bonds. The first-order valence-electron chi connectivity index (χ1n) is 4.70. The van der Waals surface area contributed by atoms with Crippen molar-refractivity contribution in [2.45, 2.75) is 0 Å². The van der Waals surface area contributed by atoms with E-state index in [1.165, 1.54) is 12.1 Å². The summed E-state index contributed by atoms with van der Waals surface area (Å²) in [7, 11) is 0. The van der Waals surface area contributed by atoms with Gasteiger partial charge < -0.3 is 14.9 Å². The van der Waals surface area contributed by atoms with E-state index in [0.717, 1.165) is 6.07 Å². The molecule has 0 saturated heterocycles. The number of hydrogen-bond donors (Lipinski definition) is 1. The van der Waals surface area contributed by atoms with Gasteiger partial charge in [-0.05, 0) is 12.1 Å². The Hall–Kier alpha value is -2.44. The van der Waals surface area contributed by atoms with Crippen LogP contribution in [0, 0.1) is 0 Å². The van der Waals surface area contributed by atoms with E-state index in [1.807, 2.05) is 0 Å². The summed E-state index contributed by atoms with van der Waals surface area (Å²) >= 11 is 0. The Morgan fingerprint density at radius 1 is 1.28 bits per heavy atom. The minimum atomic E-state index is -2.66. The summed E-state index contributed by atoms with van der Waals surface area (Å²) < 4.78 is 45.1. The van der Waals surface area contributed by atoms with Gasteiger partial charge >= 0.3 is 17.7 Å². The summed E-state index contributed by atoms with van der Waals surface area (Å²) in [5, 5.41) is 0.330. The number of anilines is 1. The van der Waals surface area contributed by atoms with E-state index in [9.17, 15) is 18.0 Å². The van der Waals surface area contributed by atoms with Gasteiger partial charge in [0.15, 0.2) is 5.58 Å². The lowest BCUT2D eigenvalue weighted by Gasteiger charge is -2.03. The molecule has 0 aliphatic carbocycles. The third-order valence-electron chi connectivity index (χ3n) is 2.11. The molecule has 4 nitrogen and oxygen atoms in total. The summed E-state index contributed by atoms with van der Waals surface area (Å²) in [6.45, 7) is 0. The lowest BCUT2D eigenvalue weighted by Crippen LogP contribution is -2.06. The van der Waals surface area contributed by atoms with Gasteiger partial charge in [-0.2, -0.15) is 13.2 Å². The zero-order chi connectivity index (χ0) is 13.3. The number of benzene rings is 1. The Morgan fingerprint density at radius 3 is 2.67 bits per heavy atom. The largest absolute Gasteiger partial charge is 0.420 e. The fourth-order valence-electron chi connectivity index (χ4n) is 1.35. The molecule has 1 aromatic carbocycles. The van der Waals surface area contributed by atoms with Gasteiger partial charge in [0, 0.05) is 5.39 Å². The lowest BCUT2D eigenvalue weighted by atomic mass is 10.2. The van der Waals surface area contributed by atoms with Gasteiger partial charge in [0.05, 0.1) is 5.69 Å². The van der Waals surface area contributed by atoms with E-state index < -0.39 is 23.5 Å². The molecule has 0 radical (unpaired) electrons. The number of ether oxygens (including phenoxy) is 1. The number of para-hydroxylation sites is 1. The lowest BCUT2D eigenvalue weighted by molar-refractivity contribution is 0.235. The Balaban J connectivity index is 2.58. The van der Waals surface area contributed by atoms with Crippen LogP contribution in [0.2, 0.25) is 0 Å². The first-order chi connectivity index (χ1) is 8.49. The first-order valence-corrected chi connectivity index (χ1v) is 4.70. The summed E-state index contributed by atoms with van der Waals surface area (Å²) in [6.07, 6.45) is -2.66. The van der Waals surface area contributed by atoms with Crippen LogP contribution in [-0.4, -0.2) is 0 Å². The fourth-order valence-corrected chi connectivity index (χ4v) is 1.35. The molecule has 0 aliphatic heterocycles. The molecule has 0 spiro atoms. The van der Waals surface area contributed by atoms with Crippen molar-refractivity contribution >= 4 is 16.7 Å². The molecule has 2 N–H and O–H groups in total. The van der Waals surface area contributed by atoms with Crippen molar-refractivity contribution in [1.29, 1.82) is 0 Å². The number of halogens is 3. The van der Waals surface area contributed by atoms with E-state index >= 15 is 0 Å². The van der Waals surface area contributed by atoms with E-state index in [1.54, 1.807) is 6.07 Å². The Labute approximate surface area is 98.1 Å². The number of nitrogen functional groups attached to an aromatic ring is 1. The second-order valence-corrected chi connectivity index (χ2v) is 3.30. The van der Waals surface area contributed by atoms with Gasteiger partial charge in [0.25, 0.3) is 0 Å². The summed E-state index contributed by atoms with van der Waals surface area (Å²) in [5.41, 5.74) is 4.73. The minimum Gasteiger partial charge on any atom is -0.420 e. The summed E-state index contributed by atoms with van der Waals surface area (Å²) in [6, 6.07) is 3.48. The molecule has 0 bridgehead atoms. The average molecular weight is 257 g/mol. The van der Waals surface area contributed by atoms with Crippen LogP contribution in [0.1, 0.15) is 0 Å². The number of rotatable bonds is 2. The van der Waals surface area contributed by atoms with Gasteiger partial charge in [-0.25, -0.2) is 4.79 Å². The van der Waals surface area contributed by atoms with Gasteiger partial charge in [-0.1, -0.05) is 12.1 Å². The SMILES string of the molecule is Nc1cccc2cc(OC(F)=C(F)F)c(=O)oc12. The molecule has 94 valence electrons. The van der Waals surface area contributed by atoms with E-state index in [-0.39, 0.29) is 11.3 Å². The maximum absolute atomic E-state index is 12.6. The van der Waals surface area contributed by atoms with Crippen LogP contribution < -0.4 is 16.1 Å². The monoisotopic (exact) mass is 257 g/mol. The van der Waals surface area contributed by atoms with Crippen LogP contribution in [-0.2, 0) is 0 Å². The molecule has 0 aliphatic rings. The zero-order valence-corrected chi connectivity index (χ0v) is 8.75. The van der Waals surface area contributed by atoms with Gasteiger partial charge in [-0.3, -0.25) is 0 Å². The summed E-state index contributed by atoms with van der Waals surface area (Å²) in [5.74, 6) is -0.682. The molecule has 0 atom stereocenters. The smallest absolute Gasteiger partial charge is 0.379 e. The molecule has 1 aromatic heterocycles. The highest BCUT2D eigenvalue weighted by Gasteiger charge is 2.13. The predicted molar refractivity (Wildman–Crippen MR) is 57.9 cm³/mol. The van der Waals surface area contributed by atoms with Crippen molar-refractivity contribution in [2.75, 3.05) is 5.73 Å². The van der Waals surface area contributed by atoms with Crippen molar-refractivity contribution in [1.82, 2.24) is 0 Å². The van der Waals surface area contributed by atoms with Gasteiger partial charge in [-0.15, -0.1) is 0 Å². The summed E-state index contributed by atoms with van der Waals surface area (Å²) in [4.78, 5) is 11.4. The first kappa shape index (κ1) is 12.0. The molecular weight excluding hydrogens is 251 g/mol. The molecule has 2 aromatic rings. The van der Waals surface area contributed by atoms with Crippen LogP contribution in [0.15, 0.2) is 45.6 Å². The van der Waals surface area contributed by atoms with E-state index in [0.29, 0.717) is 5.39 Å². The zero-order valence-electron chi connectivity index (χ0n) is 8.75. The Kier molecular flexibility index (Phi) is 2.97. The van der Waals surface area contributed by atoms with Crippen molar-refractivity contribution in [3.05, 3.63) is 46.8 Å². The Morgan fingerprint density at radius 2 is 2.00 bits per heavy atom. The van der Waals surface area contributed by atoms with Gasteiger partial charge in [0.1, 0.15) is 0 Å². The van der Waals surface area contributed by atoms with Crippen molar-refractivity contribution in [3.63, 3.8) is 0 Å². The van der Waals surface area contributed by atoms with Crippen LogP contribution in [0.25, 0.3) is 11.0 Å². The highest BCUT2D eigenvalue weighted by molar-refractivity contribution is 5.87. The molecule has 0 saturated carbocycles. The van der Waals surface area contributed by atoms with Crippen molar-refractivity contribution in [3.8, 4) is 5.75 Å². The van der Waals surface area contributed by atoms with Crippen molar-refractivity contribution in [2.24, 2.45) is 0 Å². The van der Waals surface area contributed by atoms with Gasteiger partial charge in [0.2, 0.25) is 5.75 Å². The normalized spacial score (nSPS) is 10.4. The molecule has 7 heteroatoms. The quantitative estimate of drug-likeness (QED) is 0.510. The maximum Gasteiger partial charge on any atom is 0.379 e. The predicted octanol–water partition coefficient (Wildman–Crippen LogP) is 2.79. The fraction of sp³-hybridized carbons (Fsp3) is 0. The number of nitrogens with two attached hydrogens (primary N) is 1. The molecule has 1 heterocycles. The number of fused-ring (bicyclic) bond motifs is 1. The molecule has 0 unspecified atom stereocenters. The molecule has 2 rings (SSSR count). The van der Waals surface area contributed by atoms with E-state index in [2.05, 4.69) is 4.74 Å². The molecule has 0 fully saturated rings. The topological polar surface area (TPSA) is 65.5 Å². The van der Waals surface area contributed by atoms with Crippen LogP contribution >= 0.6 is 0 Å². The van der Waals surface area contributed by atoms with Crippen LogP contribution in [0.5, 0.6) is 5.75 Å². The minimum absolute atomic E-state index is 0.0833. The second-order valence-electron chi connectivity index (χ2n) is 3.30. The second kappa shape index (κ2) is 4.44. The standard InChI is InChI=1S/C11H6F3NO3/c12-9(13)10(14)17-7-4-5-2-1-3-6(15)8(5)18-11(7)16/h1-4H,15H2. The highest BCUT2D eigenvalue weighted by atomic mass is 19.3. The molecular formula is C11H6F3NO3. The molecule has 18 heavy (non-hydrogen) atoms. The third-order valence-corrected chi connectivity index (χ3v) is 2.11. The average Bonchev–Trinajstić information content (AvgIpc) is 2.31. The third kappa shape index (κ3) is 2.15. The maximum atomic E-state index is 12.6. The Bertz CT molecular complexity index is 689. The van der Waals surface area contributed by atoms with Crippen LogP contribution in [0.3, 0.4) is 0 Å². The van der Waals surface area contributed by atoms with Crippen LogP contribution in [0.4, 0.5) is 18.9 Å².